The molecule has 0 amide bonds. The molecular formula is C17H18BrClFN. The Balaban J connectivity index is 2.09. The minimum atomic E-state index is -0.228. The number of nitrogens with one attached hydrogen (secondary N) is 1. The van der Waals surface area contributed by atoms with E-state index in [0.717, 1.165) is 30.0 Å². The first-order valence-electron chi connectivity index (χ1n) is 7.00. The SMILES string of the molecule is CCNC(Cc1cccc(Cl)c1)Cc1ccc(F)c(Br)c1. The van der Waals surface area contributed by atoms with Gasteiger partial charge in [-0.25, -0.2) is 4.39 Å². The van der Waals surface area contributed by atoms with Crippen molar-refractivity contribution in [3.63, 3.8) is 0 Å². The molecule has 0 heterocycles. The van der Waals surface area contributed by atoms with Gasteiger partial charge in [-0.1, -0.05) is 36.7 Å². The van der Waals surface area contributed by atoms with E-state index in [4.69, 9.17) is 11.6 Å². The predicted octanol–water partition coefficient (Wildman–Crippen LogP) is 5.00. The summed E-state index contributed by atoms with van der Waals surface area (Å²) in [4.78, 5) is 0. The highest BCUT2D eigenvalue weighted by Gasteiger charge is 2.11. The van der Waals surface area contributed by atoms with Gasteiger partial charge in [-0.2, -0.15) is 0 Å². The first-order valence-corrected chi connectivity index (χ1v) is 8.17. The van der Waals surface area contributed by atoms with Crippen LogP contribution in [0.15, 0.2) is 46.9 Å². The number of rotatable bonds is 6. The molecule has 0 bridgehead atoms. The minimum absolute atomic E-state index is 0.228. The molecule has 2 rings (SSSR count). The summed E-state index contributed by atoms with van der Waals surface area (Å²) in [5.74, 6) is -0.228. The van der Waals surface area contributed by atoms with Crippen molar-refractivity contribution in [2.45, 2.75) is 25.8 Å². The summed E-state index contributed by atoms with van der Waals surface area (Å²) in [6, 6.07) is 13.4. The summed E-state index contributed by atoms with van der Waals surface area (Å²) in [7, 11) is 0. The molecular weight excluding hydrogens is 353 g/mol. The zero-order valence-electron chi connectivity index (χ0n) is 11.9. The topological polar surface area (TPSA) is 12.0 Å². The highest BCUT2D eigenvalue weighted by atomic mass is 79.9. The molecule has 0 spiro atoms. The van der Waals surface area contributed by atoms with Crippen molar-refractivity contribution in [1.29, 1.82) is 0 Å². The van der Waals surface area contributed by atoms with Gasteiger partial charge in [0.1, 0.15) is 5.82 Å². The summed E-state index contributed by atoms with van der Waals surface area (Å²) < 4.78 is 13.8. The van der Waals surface area contributed by atoms with Crippen LogP contribution in [0.1, 0.15) is 18.1 Å². The average Bonchev–Trinajstić information content (AvgIpc) is 2.43. The Morgan fingerprint density at radius 3 is 2.48 bits per heavy atom. The van der Waals surface area contributed by atoms with E-state index in [0.29, 0.717) is 10.5 Å². The lowest BCUT2D eigenvalue weighted by Gasteiger charge is -2.18. The van der Waals surface area contributed by atoms with Gasteiger partial charge in [0.25, 0.3) is 0 Å². The molecule has 0 aliphatic carbocycles. The fraction of sp³-hybridized carbons (Fsp3) is 0.294. The Labute approximate surface area is 138 Å². The monoisotopic (exact) mass is 369 g/mol. The number of halogens is 3. The van der Waals surface area contributed by atoms with Crippen LogP contribution in [0.5, 0.6) is 0 Å². The van der Waals surface area contributed by atoms with Crippen LogP contribution in [0.25, 0.3) is 0 Å². The Kier molecular flexibility index (Phi) is 6.22. The van der Waals surface area contributed by atoms with Crippen molar-refractivity contribution < 1.29 is 4.39 Å². The fourth-order valence-electron chi connectivity index (χ4n) is 2.40. The van der Waals surface area contributed by atoms with E-state index in [9.17, 15) is 4.39 Å². The van der Waals surface area contributed by atoms with E-state index in [2.05, 4.69) is 34.2 Å². The Bertz CT molecular complexity index is 603. The highest BCUT2D eigenvalue weighted by Crippen LogP contribution is 2.19. The van der Waals surface area contributed by atoms with E-state index in [1.165, 1.54) is 11.6 Å². The van der Waals surface area contributed by atoms with Crippen molar-refractivity contribution >= 4 is 27.5 Å². The van der Waals surface area contributed by atoms with Gasteiger partial charge in [-0.3, -0.25) is 0 Å². The molecule has 0 saturated carbocycles. The molecule has 0 saturated heterocycles. The molecule has 1 N–H and O–H groups in total. The summed E-state index contributed by atoms with van der Waals surface area (Å²) >= 11 is 9.27. The molecule has 2 aromatic carbocycles. The quantitative estimate of drug-likeness (QED) is 0.754. The van der Waals surface area contributed by atoms with Crippen LogP contribution < -0.4 is 5.32 Å². The largest absolute Gasteiger partial charge is 0.314 e. The number of hydrogen-bond donors (Lipinski definition) is 1. The van der Waals surface area contributed by atoms with E-state index in [1.54, 1.807) is 0 Å². The first kappa shape index (κ1) is 16.5. The highest BCUT2D eigenvalue weighted by molar-refractivity contribution is 9.10. The van der Waals surface area contributed by atoms with Gasteiger partial charge in [0.2, 0.25) is 0 Å². The van der Waals surface area contributed by atoms with Crippen molar-refractivity contribution in [2.75, 3.05) is 6.54 Å². The second kappa shape index (κ2) is 7.92. The van der Waals surface area contributed by atoms with Crippen LogP contribution in [0, 0.1) is 5.82 Å². The molecule has 0 aromatic heterocycles. The van der Waals surface area contributed by atoms with Crippen LogP contribution in [-0.4, -0.2) is 12.6 Å². The lowest BCUT2D eigenvalue weighted by molar-refractivity contribution is 0.520. The van der Waals surface area contributed by atoms with Gasteiger partial charge in [0.15, 0.2) is 0 Å². The van der Waals surface area contributed by atoms with Gasteiger partial charge in [-0.15, -0.1) is 0 Å². The van der Waals surface area contributed by atoms with Crippen molar-refractivity contribution in [1.82, 2.24) is 5.32 Å². The number of benzene rings is 2. The van der Waals surface area contributed by atoms with Crippen LogP contribution in [-0.2, 0) is 12.8 Å². The normalized spacial score (nSPS) is 12.4. The minimum Gasteiger partial charge on any atom is -0.314 e. The van der Waals surface area contributed by atoms with Gasteiger partial charge in [0.05, 0.1) is 4.47 Å². The average molecular weight is 371 g/mol. The zero-order valence-corrected chi connectivity index (χ0v) is 14.2. The van der Waals surface area contributed by atoms with Gasteiger partial charge < -0.3 is 5.32 Å². The molecule has 2 aromatic rings. The molecule has 1 nitrogen and oxygen atoms in total. The van der Waals surface area contributed by atoms with Crippen LogP contribution >= 0.6 is 27.5 Å². The van der Waals surface area contributed by atoms with E-state index < -0.39 is 0 Å². The molecule has 1 unspecified atom stereocenters. The molecule has 0 radical (unpaired) electrons. The molecule has 0 aliphatic rings. The summed E-state index contributed by atoms with van der Waals surface area (Å²) in [6.45, 7) is 2.99. The standard InChI is InChI=1S/C17H18BrClFN/c1-2-21-15(9-12-4-3-5-14(19)8-12)10-13-6-7-17(20)16(18)11-13/h3-8,11,15,21H,2,9-10H2,1H3. The molecule has 21 heavy (non-hydrogen) atoms. The first-order chi connectivity index (χ1) is 10.1. The third-order valence-electron chi connectivity index (χ3n) is 3.33. The second-order valence-corrected chi connectivity index (χ2v) is 6.33. The smallest absolute Gasteiger partial charge is 0.137 e. The summed E-state index contributed by atoms with van der Waals surface area (Å²) in [5.41, 5.74) is 2.31. The second-order valence-electron chi connectivity index (χ2n) is 5.04. The van der Waals surface area contributed by atoms with Gasteiger partial charge in [-0.05, 0) is 70.7 Å². The molecule has 4 heteroatoms. The van der Waals surface area contributed by atoms with Crippen LogP contribution in [0.3, 0.4) is 0 Å². The molecule has 1 atom stereocenters. The van der Waals surface area contributed by atoms with Gasteiger partial charge >= 0.3 is 0 Å². The summed E-state index contributed by atoms with van der Waals surface area (Å²) in [6.07, 6.45) is 1.74. The van der Waals surface area contributed by atoms with Crippen LogP contribution in [0.2, 0.25) is 5.02 Å². The number of hydrogen-bond acceptors (Lipinski definition) is 1. The van der Waals surface area contributed by atoms with Crippen molar-refractivity contribution in [3.05, 3.63) is 68.9 Å². The maximum absolute atomic E-state index is 13.3. The Morgan fingerprint density at radius 2 is 1.86 bits per heavy atom. The molecule has 0 fully saturated rings. The van der Waals surface area contributed by atoms with Crippen LogP contribution in [0.4, 0.5) is 4.39 Å². The Hall–Kier alpha value is -0.900. The molecule has 112 valence electrons. The van der Waals surface area contributed by atoms with Crippen molar-refractivity contribution in [3.8, 4) is 0 Å². The lowest BCUT2D eigenvalue weighted by atomic mass is 9.99. The third kappa shape index (κ3) is 5.10. The fourth-order valence-corrected chi connectivity index (χ4v) is 3.04. The number of likely N-dealkylation sites (N-methyl/N-ethyl adjacent to an activating group) is 1. The third-order valence-corrected chi connectivity index (χ3v) is 4.17. The summed E-state index contributed by atoms with van der Waals surface area (Å²) in [5, 5.41) is 4.24. The van der Waals surface area contributed by atoms with Crippen molar-refractivity contribution in [2.24, 2.45) is 0 Å². The van der Waals surface area contributed by atoms with E-state index >= 15 is 0 Å². The lowest BCUT2D eigenvalue weighted by Crippen LogP contribution is -2.33. The predicted molar refractivity (Wildman–Crippen MR) is 90.4 cm³/mol. The van der Waals surface area contributed by atoms with Gasteiger partial charge in [0, 0.05) is 11.1 Å². The maximum atomic E-state index is 13.3. The maximum Gasteiger partial charge on any atom is 0.137 e. The molecule has 0 aliphatic heterocycles. The zero-order chi connectivity index (χ0) is 15.2. The van der Waals surface area contributed by atoms with E-state index in [1.807, 2.05) is 30.3 Å². The van der Waals surface area contributed by atoms with E-state index in [-0.39, 0.29) is 5.82 Å². The Morgan fingerprint density at radius 1 is 1.14 bits per heavy atom.